The number of piperidine rings is 1. The number of pyridine rings is 1. The van der Waals surface area contributed by atoms with Crippen LogP contribution < -0.4 is 10.2 Å². The van der Waals surface area contributed by atoms with Crippen LogP contribution in [0.3, 0.4) is 0 Å². The summed E-state index contributed by atoms with van der Waals surface area (Å²) >= 11 is 0. The van der Waals surface area contributed by atoms with Crippen molar-refractivity contribution in [3.63, 3.8) is 0 Å². The number of amides is 2. The van der Waals surface area contributed by atoms with Crippen LogP contribution in [0.4, 0.5) is 10.6 Å². The predicted molar refractivity (Wildman–Crippen MR) is 92.7 cm³/mol. The Labute approximate surface area is 142 Å². The van der Waals surface area contributed by atoms with Crippen molar-refractivity contribution >= 4 is 11.8 Å². The molecule has 0 unspecified atom stereocenters. The topological polar surface area (TPSA) is 77.2 Å². The highest BCUT2D eigenvalue weighted by Crippen LogP contribution is 2.30. The quantitative estimate of drug-likeness (QED) is 0.903. The standard InChI is InChI=1S/C17H24N6O/c1-22(2)16-9-13(6-7-18-16)10-19-17(24)23-8-4-3-5-15(23)14-11-20-21-12-14/h6-7,9,11-12,15H,3-5,8,10H2,1-2H3,(H,19,24)(H,20,21)/t15-/m0/s1. The summed E-state index contributed by atoms with van der Waals surface area (Å²) in [6.45, 7) is 1.28. The Morgan fingerprint density at radius 1 is 1.46 bits per heavy atom. The van der Waals surface area contributed by atoms with Crippen molar-refractivity contribution in [1.29, 1.82) is 0 Å². The van der Waals surface area contributed by atoms with Gasteiger partial charge in [0.25, 0.3) is 0 Å². The van der Waals surface area contributed by atoms with Crippen LogP contribution in [0.1, 0.15) is 36.4 Å². The van der Waals surface area contributed by atoms with Crippen molar-refractivity contribution in [2.45, 2.75) is 31.8 Å². The molecule has 0 aliphatic carbocycles. The fourth-order valence-electron chi connectivity index (χ4n) is 3.06. The van der Waals surface area contributed by atoms with Gasteiger partial charge in [-0.3, -0.25) is 5.10 Å². The lowest BCUT2D eigenvalue weighted by Crippen LogP contribution is -2.44. The number of H-pyrrole nitrogens is 1. The molecule has 0 bridgehead atoms. The van der Waals surface area contributed by atoms with E-state index in [0.29, 0.717) is 6.54 Å². The van der Waals surface area contributed by atoms with Gasteiger partial charge in [-0.1, -0.05) is 0 Å². The number of carbonyl (C=O) groups is 1. The number of likely N-dealkylation sites (tertiary alicyclic amines) is 1. The number of hydrogen-bond donors (Lipinski definition) is 2. The largest absolute Gasteiger partial charge is 0.363 e. The van der Waals surface area contributed by atoms with E-state index in [1.165, 1.54) is 0 Å². The highest BCUT2D eigenvalue weighted by molar-refractivity contribution is 5.75. The number of aromatic amines is 1. The third-order valence-electron chi connectivity index (χ3n) is 4.38. The summed E-state index contributed by atoms with van der Waals surface area (Å²) in [7, 11) is 3.90. The number of nitrogens with one attached hydrogen (secondary N) is 2. The molecular formula is C17H24N6O. The van der Waals surface area contributed by atoms with E-state index < -0.39 is 0 Å². The first kappa shape index (κ1) is 16.3. The second kappa shape index (κ2) is 7.33. The first-order valence-electron chi connectivity index (χ1n) is 8.30. The van der Waals surface area contributed by atoms with Crippen molar-refractivity contribution in [1.82, 2.24) is 25.4 Å². The monoisotopic (exact) mass is 328 g/mol. The average Bonchev–Trinajstić information content (AvgIpc) is 3.14. The number of rotatable bonds is 4. The van der Waals surface area contributed by atoms with Crippen LogP contribution in [-0.4, -0.2) is 46.8 Å². The molecule has 7 nitrogen and oxygen atoms in total. The van der Waals surface area contributed by atoms with Gasteiger partial charge in [0.2, 0.25) is 0 Å². The van der Waals surface area contributed by atoms with Crippen LogP contribution >= 0.6 is 0 Å². The smallest absolute Gasteiger partial charge is 0.318 e. The molecule has 1 fully saturated rings. The minimum absolute atomic E-state index is 0.0240. The molecule has 1 atom stereocenters. The minimum Gasteiger partial charge on any atom is -0.363 e. The Kier molecular flexibility index (Phi) is 4.98. The van der Waals surface area contributed by atoms with Crippen molar-refractivity contribution in [2.24, 2.45) is 0 Å². The van der Waals surface area contributed by atoms with Gasteiger partial charge < -0.3 is 15.1 Å². The van der Waals surface area contributed by atoms with Gasteiger partial charge in [0.1, 0.15) is 5.82 Å². The van der Waals surface area contributed by atoms with Gasteiger partial charge in [0.15, 0.2) is 0 Å². The molecule has 2 N–H and O–H groups in total. The van der Waals surface area contributed by atoms with Gasteiger partial charge in [-0.25, -0.2) is 9.78 Å². The normalized spacial score (nSPS) is 17.6. The lowest BCUT2D eigenvalue weighted by atomic mass is 9.98. The summed E-state index contributed by atoms with van der Waals surface area (Å²) in [5.41, 5.74) is 2.11. The van der Waals surface area contributed by atoms with Crippen LogP contribution in [0.5, 0.6) is 0 Å². The maximum Gasteiger partial charge on any atom is 0.318 e. The molecule has 0 aromatic carbocycles. The zero-order chi connectivity index (χ0) is 16.9. The fourth-order valence-corrected chi connectivity index (χ4v) is 3.06. The highest BCUT2D eigenvalue weighted by Gasteiger charge is 2.28. The van der Waals surface area contributed by atoms with Gasteiger partial charge in [0, 0.05) is 45.1 Å². The number of carbonyl (C=O) groups excluding carboxylic acids is 1. The van der Waals surface area contributed by atoms with Crippen LogP contribution in [0.25, 0.3) is 0 Å². The van der Waals surface area contributed by atoms with Crippen molar-refractivity contribution in [3.8, 4) is 0 Å². The zero-order valence-corrected chi connectivity index (χ0v) is 14.2. The lowest BCUT2D eigenvalue weighted by Gasteiger charge is -2.35. The van der Waals surface area contributed by atoms with E-state index in [0.717, 1.165) is 42.8 Å². The van der Waals surface area contributed by atoms with Crippen molar-refractivity contribution in [3.05, 3.63) is 41.9 Å². The minimum atomic E-state index is -0.0240. The summed E-state index contributed by atoms with van der Waals surface area (Å²) in [4.78, 5) is 20.8. The molecule has 0 saturated carbocycles. The summed E-state index contributed by atoms with van der Waals surface area (Å²) in [6, 6.07) is 4.00. The van der Waals surface area contributed by atoms with E-state index >= 15 is 0 Å². The van der Waals surface area contributed by atoms with Crippen molar-refractivity contribution < 1.29 is 4.79 Å². The third-order valence-corrected chi connectivity index (χ3v) is 4.38. The van der Waals surface area contributed by atoms with Crippen LogP contribution in [0.2, 0.25) is 0 Å². The SMILES string of the molecule is CN(C)c1cc(CNC(=O)N2CCCC[C@H]2c2cn[nH]c2)ccn1. The molecule has 2 aromatic heterocycles. The van der Waals surface area contributed by atoms with E-state index in [1.807, 2.05) is 48.4 Å². The molecule has 2 amide bonds. The molecule has 1 aliphatic rings. The van der Waals surface area contributed by atoms with E-state index in [-0.39, 0.29) is 12.1 Å². The average molecular weight is 328 g/mol. The first-order chi connectivity index (χ1) is 11.6. The molecule has 2 aromatic rings. The summed E-state index contributed by atoms with van der Waals surface area (Å²) < 4.78 is 0. The number of urea groups is 1. The molecule has 0 spiro atoms. The molecule has 24 heavy (non-hydrogen) atoms. The van der Waals surface area contributed by atoms with Gasteiger partial charge in [-0.05, 0) is 37.0 Å². The van der Waals surface area contributed by atoms with E-state index in [9.17, 15) is 4.79 Å². The molecule has 1 aliphatic heterocycles. The van der Waals surface area contributed by atoms with Crippen LogP contribution in [0.15, 0.2) is 30.7 Å². The van der Waals surface area contributed by atoms with Crippen molar-refractivity contribution in [2.75, 3.05) is 25.5 Å². The summed E-state index contributed by atoms with van der Waals surface area (Å²) in [5, 5.41) is 9.89. The molecule has 7 heteroatoms. The van der Waals surface area contributed by atoms with Gasteiger partial charge in [-0.15, -0.1) is 0 Å². The van der Waals surface area contributed by atoms with E-state index in [1.54, 1.807) is 6.20 Å². The van der Waals surface area contributed by atoms with Gasteiger partial charge in [-0.2, -0.15) is 5.10 Å². The molecule has 1 saturated heterocycles. The lowest BCUT2D eigenvalue weighted by molar-refractivity contribution is 0.151. The van der Waals surface area contributed by atoms with Gasteiger partial charge in [0.05, 0.1) is 12.2 Å². The van der Waals surface area contributed by atoms with E-state index in [2.05, 4.69) is 20.5 Å². The van der Waals surface area contributed by atoms with Gasteiger partial charge >= 0.3 is 6.03 Å². The molecule has 0 radical (unpaired) electrons. The molecule has 3 heterocycles. The number of anilines is 1. The first-order valence-corrected chi connectivity index (χ1v) is 8.30. The summed E-state index contributed by atoms with van der Waals surface area (Å²) in [5.74, 6) is 0.885. The molecular weight excluding hydrogens is 304 g/mol. The molecule has 128 valence electrons. The fraction of sp³-hybridized carbons (Fsp3) is 0.471. The maximum atomic E-state index is 12.7. The Morgan fingerprint density at radius 2 is 2.33 bits per heavy atom. The van der Waals surface area contributed by atoms with E-state index in [4.69, 9.17) is 0 Å². The Balaban J connectivity index is 1.64. The van der Waals surface area contributed by atoms with Crippen LogP contribution in [-0.2, 0) is 6.54 Å². The second-order valence-corrected chi connectivity index (χ2v) is 6.31. The Morgan fingerprint density at radius 3 is 3.08 bits per heavy atom. The van der Waals surface area contributed by atoms with Crippen LogP contribution in [0, 0.1) is 0 Å². The number of hydrogen-bond acceptors (Lipinski definition) is 4. The number of aromatic nitrogens is 3. The predicted octanol–water partition coefficient (Wildman–Crippen LogP) is 2.31. The maximum absolute atomic E-state index is 12.7. The number of nitrogens with zero attached hydrogens (tertiary/aromatic N) is 4. The second-order valence-electron chi connectivity index (χ2n) is 6.31. The Bertz CT molecular complexity index is 669. The molecule has 3 rings (SSSR count). The third kappa shape index (κ3) is 3.67. The Hall–Kier alpha value is -2.57. The summed E-state index contributed by atoms with van der Waals surface area (Å²) in [6.07, 6.45) is 8.61. The highest BCUT2D eigenvalue weighted by atomic mass is 16.2. The zero-order valence-electron chi connectivity index (χ0n) is 14.2.